The molecule has 0 aliphatic carbocycles. The summed E-state index contributed by atoms with van der Waals surface area (Å²) in [4.78, 5) is 0. The van der Waals surface area contributed by atoms with Gasteiger partial charge in [0.05, 0.1) is 22.2 Å². The summed E-state index contributed by atoms with van der Waals surface area (Å²) in [5, 5.41) is 5.06. The van der Waals surface area contributed by atoms with Crippen molar-refractivity contribution in [1.82, 2.24) is 4.57 Å². The van der Waals surface area contributed by atoms with E-state index in [0.29, 0.717) is 0 Å². The predicted octanol–water partition coefficient (Wildman–Crippen LogP) is 9.12. The fourth-order valence-corrected chi connectivity index (χ4v) is 7.40. The second-order valence-corrected chi connectivity index (χ2v) is 13.1. The van der Waals surface area contributed by atoms with Gasteiger partial charge in [-0.05, 0) is 80.7 Å². The standard InChI is InChI=1S/C36H30BNO2S/c1-35(2)36(3,4)40-37(39-35)24-18-20-32-30(22-24)29-21-23(17-19-31(29)38(32)25-11-6-5-7-12-25)26-14-10-15-28-27-13-8-9-16-33(27)41-34(26)28/h5-22H,1-4H3. The number of hydrogen-bond acceptors (Lipinski definition) is 3. The van der Waals surface area contributed by atoms with E-state index in [9.17, 15) is 0 Å². The minimum atomic E-state index is -0.407. The van der Waals surface area contributed by atoms with Crippen LogP contribution in [0.4, 0.5) is 0 Å². The molecule has 8 rings (SSSR count). The molecule has 0 atom stereocenters. The summed E-state index contributed by atoms with van der Waals surface area (Å²) in [7, 11) is -0.407. The summed E-state index contributed by atoms with van der Waals surface area (Å²) in [5.41, 5.74) is 6.27. The van der Waals surface area contributed by atoms with Crippen LogP contribution in [0.1, 0.15) is 27.7 Å². The van der Waals surface area contributed by atoms with Gasteiger partial charge in [0.2, 0.25) is 0 Å². The van der Waals surface area contributed by atoms with Crippen molar-refractivity contribution in [3.05, 3.63) is 109 Å². The van der Waals surface area contributed by atoms with Gasteiger partial charge in [0, 0.05) is 36.6 Å². The Morgan fingerprint density at radius 3 is 2.05 bits per heavy atom. The molecule has 0 bridgehead atoms. The lowest BCUT2D eigenvalue weighted by Gasteiger charge is -2.32. The first-order valence-electron chi connectivity index (χ1n) is 14.2. The van der Waals surface area contributed by atoms with Crippen molar-refractivity contribution >= 4 is 65.9 Å². The third-order valence-corrected chi connectivity index (χ3v) is 10.3. The summed E-state index contributed by atoms with van der Waals surface area (Å²) in [5.74, 6) is 0. The van der Waals surface area contributed by atoms with Crippen molar-refractivity contribution in [1.29, 1.82) is 0 Å². The molecule has 0 spiro atoms. The Morgan fingerprint density at radius 1 is 0.610 bits per heavy atom. The van der Waals surface area contributed by atoms with E-state index in [4.69, 9.17) is 9.31 Å². The molecule has 0 amide bonds. The van der Waals surface area contributed by atoms with E-state index >= 15 is 0 Å². The van der Waals surface area contributed by atoms with Crippen molar-refractivity contribution in [3.8, 4) is 16.8 Å². The highest BCUT2D eigenvalue weighted by Gasteiger charge is 2.51. The first-order chi connectivity index (χ1) is 19.8. The number of thiophene rings is 1. The molecule has 0 saturated carbocycles. The molecule has 1 aliphatic heterocycles. The quantitative estimate of drug-likeness (QED) is 0.205. The molecule has 1 fully saturated rings. The Labute approximate surface area is 244 Å². The zero-order valence-corrected chi connectivity index (χ0v) is 24.5. The van der Waals surface area contributed by atoms with E-state index < -0.39 is 7.12 Å². The summed E-state index contributed by atoms with van der Waals surface area (Å²) in [6.45, 7) is 8.42. The second kappa shape index (κ2) is 8.80. The van der Waals surface area contributed by atoms with Gasteiger partial charge in [-0.2, -0.15) is 0 Å². The molecule has 5 heteroatoms. The van der Waals surface area contributed by atoms with Crippen molar-refractivity contribution in [2.24, 2.45) is 0 Å². The van der Waals surface area contributed by atoms with Gasteiger partial charge in [0.1, 0.15) is 0 Å². The molecular formula is C36H30BNO2S. The molecule has 1 aliphatic rings. The van der Waals surface area contributed by atoms with Crippen LogP contribution in [0.25, 0.3) is 58.8 Å². The maximum absolute atomic E-state index is 6.44. The number of rotatable bonds is 3. The Bertz CT molecular complexity index is 2110. The Morgan fingerprint density at radius 2 is 1.27 bits per heavy atom. The predicted molar refractivity (Wildman–Crippen MR) is 175 cm³/mol. The van der Waals surface area contributed by atoms with Crippen LogP contribution in [0.3, 0.4) is 0 Å². The first-order valence-corrected chi connectivity index (χ1v) is 15.0. The maximum atomic E-state index is 6.44. The summed E-state index contributed by atoms with van der Waals surface area (Å²) < 4.78 is 17.9. The molecule has 0 radical (unpaired) electrons. The monoisotopic (exact) mass is 551 g/mol. The Hall–Kier alpha value is -3.90. The van der Waals surface area contributed by atoms with Gasteiger partial charge in [-0.1, -0.05) is 72.8 Å². The highest BCUT2D eigenvalue weighted by atomic mass is 32.1. The second-order valence-electron chi connectivity index (χ2n) is 12.0. The van der Waals surface area contributed by atoms with Gasteiger partial charge in [-0.3, -0.25) is 0 Å². The lowest BCUT2D eigenvalue weighted by Crippen LogP contribution is -2.41. The summed E-state index contributed by atoms with van der Waals surface area (Å²) in [6, 6.07) is 39.6. The van der Waals surface area contributed by atoms with E-state index in [2.05, 4.69) is 141 Å². The molecule has 1 saturated heterocycles. The van der Waals surface area contributed by atoms with Crippen LogP contribution in [0, 0.1) is 0 Å². The van der Waals surface area contributed by atoms with Gasteiger partial charge in [0.15, 0.2) is 0 Å². The largest absolute Gasteiger partial charge is 0.494 e. The van der Waals surface area contributed by atoms with Crippen LogP contribution in [-0.2, 0) is 9.31 Å². The summed E-state index contributed by atoms with van der Waals surface area (Å²) in [6.07, 6.45) is 0. The van der Waals surface area contributed by atoms with Crippen molar-refractivity contribution in [3.63, 3.8) is 0 Å². The molecule has 0 unspecified atom stereocenters. The SMILES string of the molecule is CC1(C)OB(c2ccc3c(c2)c2cc(-c4cccc5c4sc4ccccc45)ccc2n3-c2ccccc2)OC1(C)C. The van der Waals surface area contributed by atoms with Gasteiger partial charge >= 0.3 is 7.12 Å². The van der Waals surface area contributed by atoms with Crippen LogP contribution < -0.4 is 5.46 Å². The highest BCUT2D eigenvalue weighted by Crippen LogP contribution is 2.42. The minimum Gasteiger partial charge on any atom is -0.399 e. The smallest absolute Gasteiger partial charge is 0.399 e. The maximum Gasteiger partial charge on any atom is 0.494 e. The molecule has 41 heavy (non-hydrogen) atoms. The van der Waals surface area contributed by atoms with E-state index in [1.165, 1.54) is 53.1 Å². The zero-order chi connectivity index (χ0) is 27.9. The van der Waals surface area contributed by atoms with Gasteiger partial charge in [-0.25, -0.2) is 0 Å². The molecular weight excluding hydrogens is 521 g/mol. The molecule has 7 aromatic rings. The number of aromatic nitrogens is 1. The van der Waals surface area contributed by atoms with Crippen LogP contribution in [0.15, 0.2) is 109 Å². The number of nitrogens with zero attached hydrogens (tertiary/aromatic N) is 1. The molecule has 0 N–H and O–H groups in total. The number of para-hydroxylation sites is 1. The van der Waals surface area contributed by atoms with Gasteiger partial charge < -0.3 is 13.9 Å². The summed E-state index contributed by atoms with van der Waals surface area (Å²) >= 11 is 1.87. The van der Waals surface area contributed by atoms with E-state index in [1.807, 2.05) is 11.3 Å². The van der Waals surface area contributed by atoms with Crippen molar-refractivity contribution < 1.29 is 9.31 Å². The fourth-order valence-electron chi connectivity index (χ4n) is 6.16. The molecule has 200 valence electrons. The Kier molecular flexibility index (Phi) is 5.34. The zero-order valence-electron chi connectivity index (χ0n) is 23.6. The molecule has 3 heterocycles. The van der Waals surface area contributed by atoms with Crippen LogP contribution >= 0.6 is 11.3 Å². The average Bonchev–Trinajstić information content (AvgIpc) is 3.59. The minimum absolute atomic E-state index is 0.388. The van der Waals surface area contributed by atoms with Crippen molar-refractivity contribution in [2.45, 2.75) is 38.9 Å². The van der Waals surface area contributed by atoms with Crippen molar-refractivity contribution in [2.75, 3.05) is 0 Å². The van der Waals surface area contributed by atoms with E-state index in [1.54, 1.807) is 0 Å². The number of fused-ring (bicyclic) bond motifs is 6. The van der Waals surface area contributed by atoms with E-state index in [0.717, 1.165) is 11.2 Å². The third kappa shape index (κ3) is 3.73. The average molecular weight is 552 g/mol. The number of benzene rings is 5. The number of hydrogen-bond donors (Lipinski definition) is 0. The highest BCUT2D eigenvalue weighted by molar-refractivity contribution is 7.26. The molecule has 2 aromatic heterocycles. The topological polar surface area (TPSA) is 23.4 Å². The molecule has 5 aromatic carbocycles. The fraction of sp³-hybridized carbons (Fsp3) is 0.167. The van der Waals surface area contributed by atoms with Gasteiger partial charge in [0.25, 0.3) is 0 Å². The van der Waals surface area contributed by atoms with E-state index in [-0.39, 0.29) is 11.2 Å². The van der Waals surface area contributed by atoms with Crippen LogP contribution in [0.5, 0.6) is 0 Å². The van der Waals surface area contributed by atoms with Crippen LogP contribution in [-0.4, -0.2) is 22.9 Å². The van der Waals surface area contributed by atoms with Gasteiger partial charge in [-0.15, -0.1) is 11.3 Å². The lowest BCUT2D eigenvalue weighted by atomic mass is 9.78. The normalized spacial score (nSPS) is 16.4. The molecule has 3 nitrogen and oxygen atoms in total. The third-order valence-electron chi connectivity index (χ3n) is 9.04. The van der Waals surface area contributed by atoms with Crippen LogP contribution in [0.2, 0.25) is 0 Å². The Balaban J connectivity index is 1.37. The first kappa shape index (κ1) is 24.9. The lowest BCUT2D eigenvalue weighted by molar-refractivity contribution is 0.00578.